The van der Waals surface area contributed by atoms with Crippen LogP contribution in [0.1, 0.15) is 31.4 Å². The third-order valence-electron chi connectivity index (χ3n) is 3.97. The van der Waals surface area contributed by atoms with Gasteiger partial charge in [-0.1, -0.05) is 42.5 Å². The van der Waals surface area contributed by atoms with Gasteiger partial charge in [-0.15, -0.1) is 0 Å². The van der Waals surface area contributed by atoms with Crippen LogP contribution in [0.5, 0.6) is 5.75 Å². The largest absolute Gasteiger partial charge is 0.492 e. The third-order valence-corrected chi connectivity index (χ3v) is 3.97. The van der Waals surface area contributed by atoms with Gasteiger partial charge in [-0.2, -0.15) is 0 Å². The fourth-order valence-corrected chi connectivity index (χ4v) is 2.63. The maximum atomic E-state index is 12.8. The Kier molecular flexibility index (Phi) is 4.93. The molecule has 4 heteroatoms. The van der Waals surface area contributed by atoms with E-state index in [1.807, 2.05) is 61.5 Å². The van der Waals surface area contributed by atoms with Gasteiger partial charge in [0.2, 0.25) is 0 Å². The van der Waals surface area contributed by atoms with Gasteiger partial charge in [0.1, 0.15) is 5.75 Å². The molecule has 0 bridgehead atoms. The molecule has 2 aromatic carbocycles. The van der Waals surface area contributed by atoms with E-state index in [0.29, 0.717) is 18.4 Å². The van der Waals surface area contributed by atoms with Crippen molar-refractivity contribution in [2.75, 3.05) is 11.9 Å². The third kappa shape index (κ3) is 4.11. The Hall–Kier alpha value is -2.33. The van der Waals surface area contributed by atoms with Gasteiger partial charge in [-0.3, -0.25) is 4.79 Å². The zero-order valence-electron chi connectivity index (χ0n) is 13.4. The molecule has 0 spiro atoms. The lowest BCUT2D eigenvalue weighted by molar-refractivity contribution is -0.695. The van der Waals surface area contributed by atoms with E-state index in [4.69, 9.17) is 4.74 Å². The minimum absolute atomic E-state index is 0.00440. The highest BCUT2D eigenvalue weighted by molar-refractivity contribution is 5.95. The van der Waals surface area contributed by atoms with Gasteiger partial charge < -0.3 is 15.4 Å². The van der Waals surface area contributed by atoms with Crippen LogP contribution >= 0.6 is 0 Å². The highest BCUT2D eigenvalue weighted by Gasteiger charge is 2.34. The van der Waals surface area contributed by atoms with Gasteiger partial charge >= 0.3 is 0 Å². The quantitative estimate of drug-likeness (QED) is 0.825. The predicted octanol–water partition coefficient (Wildman–Crippen LogP) is 2.49. The minimum Gasteiger partial charge on any atom is -0.492 e. The fraction of sp³-hybridized carbons (Fsp3) is 0.316. The van der Waals surface area contributed by atoms with Crippen LogP contribution in [0.25, 0.3) is 0 Å². The number of para-hydroxylation sites is 2. The second-order valence-electron chi connectivity index (χ2n) is 5.84. The van der Waals surface area contributed by atoms with Crippen molar-refractivity contribution in [3.05, 3.63) is 60.2 Å². The summed E-state index contributed by atoms with van der Waals surface area (Å²) in [5.41, 5.74) is 1.76. The first-order valence-corrected chi connectivity index (χ1v) is 8.20. The number of carbonyl (C=O) groups excluding carboxylic acids is 1. The summed E-state index contributed by atoms with van der Waals surface area (Å²) in [4.78, 5) is 12.8. The molecule has 1 fully saturated rings. The lowest BCUT2D eigenvalue weighted by Crippen LogP contribution is -2.88. The van der Waals surface area contributed by atoms with Crippen LogP contribution in [0.4, 0.5) is 5.69 Å². The van der Waals surface area contributed by atoms with E-state index in [-0.39, 0.29) is 11.9 Å². The molecule has 0 aromatic heterocycles. The van der Waals surface area contributed by atoms with Crippen LogP contribution in [0.2, 0.25) is 0 Å². The molecule has 2 aromatic rings. The smallest absolute Gasteiger partial charge is 0.287 e. The average molecular weight is 311 g/mol. The van der Waals surface area contributed by atoms with E-state index in [2.05, 4.69) is 10.6 Å². The Morgan fingerprint density at radius 2 is 1.87 bits per heavy atom. The first-order chi connectivity index (χ1) is 11.3. The Bertz CT molecular complexity index is 653. The maximum absolute atomic E-state index is 12.8. The SMILES string of the molecule is CCOc1ccccc1NC(=O)[C@H]([NH2+]C1CC1)c1ccccc1. The zero-order chi connectivity index (χ0) is 16.1. The van der Waals surface area contributed by atoms with Crippen molar-refractivity contribution in [1.29, 1.82) is 0 Å². The molecule has 23 heavy (non-hydrogen) atoms. The average Bonchev–Trinajstić information content (AvgIpc) is 3.39. The Morgan fingerprint density at radius 3 is 2.57 bits per heavy atom. The molecule has 0 saturated heterocycles. The number of hydrogen-bond donors (Lipinski definition) is 2. The maximum Gasteiger partial charge on any atom is 0.287 e. The molecule has 3 N–H and O–H groups in total. The predicted molar refractivity (Wildman–Crippen MR) is 90.4 cm³/mol. The van der Waals surface area contributed by atoms with Gasteiger partial charge in [0.25, 0.3) is 5.91 Å². The molecule has 0 aliphatic heterocycles. The van der Waals surface area contributed by atoms with Crippen LogP contribution in [0.3, 0.4) is 0 Å². The lowest BCUT2D eigenvalue weighted by Gasteiger charge is -2.17. The monoisotopic (exact) mass is 311 g/mol. The zero-order valence-corrected chi connectivity index (χ0v) is 13.4. The van der Waals surface area contributed by atoms with E-state index in [9.17, 15) is 4.79 Å². The molecule has 1 aliphatic rings. The number of benzene rings is 2. The van der Waals surface area contributed by atoms with Crippen LogP contribution < -0.4 is 15.4 Å². The number of carbonyl (C=O) groups is 1. The molecule has 1 atom stereocenters. The number of nitrogens with two attached hydrogens (primary N) is 1. The molecule has 1 amide bonds. The van der Waals surface area contributed by atoms with E-state index < -0.39 is 0 Å². The van der Waals surface area contributed by atoms with Crippen LogP contribution in [-0.4, -0.2) is 18.6 Å². The molecule has 0 radical (unpaired) electrons. The molecule has 0 unspecified atom stereocenters. The van der Waals surface area contributed by atoms with Gasteiger partial charge in [0.15, 0.2) is 6.04 Å². The molecular formula is C19H23N2O2+. The molecule has 0 heterocycles. The van der Waals surface area contributed by atoms with E-state index in [1.165, 1.54) is 12.8 Å². The molecule has 120 valence electrons. The first-order valence-electron chi connectivity index (χ1n) is 8.20. The summed E-state index contributed by atoms with van der Waals surface area (Å²) in [5.74, 6) is 0.705. The Morgan fingerprint density at radius 1 is 1.17 bits per heavy atom. The summed E-state index contributed by atoms with van der Waals surface area (Å²) < 4.78 is 5.59. The summed E-state index contributed by atoms with van der Waals surface area (Å²) in [6.45, 7) is 2.51. The van der Waals surface area contributed by atoms with Crippen molar-refractivity contribution >= 4 is 11.6 Å². The highest BCUT2D eigenvalue weighted by Crippen LogP contribution is 2.25. The summed E-state index contributed by atoms with van der Waals surface area (Å²) in [6, 6.07) is 17.9. The topological polar surface area (TPSA) is 54.9 Å². The number of quaternary nitrogens is 1. The second kappa shape index (κ2) is 7.29. The first kappa shape index (κ1) is 15.6. The van der Waals surface area contributed by atoms with Gasteiger partial charge in [0.05, 0.1) is 18.3 Å². The number of hydrogen-bond acceptors (Lipinski definition) is 2. The molecular weight excluding hydrogens is 288 g/mol. The number of ether oxygens (including phenoxy) is 1. The highest BCUT2D eigenvalue weighted by atomic mass is 16.5. The Balaban J connectivity index is 1.78. The molecule has 1 aliphatic carbocycles. The van der Waals surface area contributed by atoms with Gasteiger partial charge in [0, 0.05) is 18.4 Å². The van der Waals surface area contributed by atoms with Crippen molar-refractivity contribution in [2.24, 2.45) is 0 Å². The normalized spacial score (nSPS) is 15.0. The van der Waals surface area contributed by atoms with Crippen molar-refractivity contribution in [3.8, 4) is 5.75 Å². The molecule has 4 nitrogen and oxygen atoms in total. The molecule has 3 rings (SSSR count). The van der Waals surface area contributed by atoms with Crippen molar-refractivity contribution < 1.29 is 14.8 Å². The standard InChI is InChI=1S/C19H22N2O2/c1-2-23-17-11-7-6-10-16(17)21-19(22)18(20-15-12-13-15)14-8-4-3-5-9-14/h3-11,15,18,20H,2,12-13H2,1H3,(H,21,22)/p+1/t18-/m1/s1. The van der Waals surface area contributed by atoms with E-state index in [1.54, 1.807) is 0 Å². The molecule has 1 saturated carbocycles. The van der Waals surface area contributed by atoms with Crippen molar-refractivity contribution in [3.63, 3.8) is 0 Å². The number of anilines is 1. The minimum atomic E-state index is -0.224. The van der Waals surface area contributed by atoms with Crippen molar-refractivity contribution in [1.82, 2.24) is 0 Å². The summed E-state index contributed by atoms with van der Waals surface area (Å²) in [6.07, 6.45) is 2.37. The van der Waals surface area contributed by atoms with Crippen molar-refractivity contribution in [2.45, 2.75) is 31.8 Å². The number of amides is 1. The number of rotatable bonds is 7. The summed E-state index contributed by atoms with van der Waals surface area (Å²) in [7, 11) is 0. The van der Waals surface area contributed by atoms with Gasteiger partial charge in [-0.25, -0.2) is 0 Å². The van der Waals surface area contributed by atoms with Crippen LogP contribution in [0.15, 0.2) is 54.6 Å². The van der Waals surface area contributed by atoms with E-state index in [0.717, 1.165) is 11.3 Å². The second-order valence-corrected chi connectivity index (χ2v) is 5.84. The lowest BCUT2D eigenvalue weighted by atomic mass is 10.1. The number of nitrogens with one attached hydrogen (secondary N) is 1. The summed E-state index contributed by atoms with van der Waals surface area (Å²) >= 11 is 0. The Labute approximate surface area is 136 Å². The van der Waals surface area contributed by atoms with E-state index >= 15 is 0 Å². The van der Waals surface area contributed by atoms with Gasteiger partial charge in [-0.05, 0) is 19.1 Å². The van der Waals surface area contributed by atoms with Crippen LogP contribution in [-0.2, 0) is 4.79 Å². The van der Waals surface area contributed by atoms with Crippen LogP contribution in [0, 0.1) is 0 Å². The fourth-order valence-electron chi connectivity index (χ4n) is 2.63. The summed E-state index contributed by atoms with van der Waals surface area (Å²) in [5, 5.41) is 5.21.